The second-order valence-corrected chi connectivity index (χ2v) is 13.6. The summed E-state index contributed by atoms with van der Waals surface area (Å²) in [5.74, 6) is 0.807. The first-order chi connectivity index (χ1) is 19.8. The number of aryl methyl sites for hydroxylation is 2. The molecule has 9 nitrogen and oxygen atoms in total. The molecule has 0 unspecified atom stereocenters. The van der Waals surface area contributed by atoms with Gasteiger partial charge in [-0.3, -0.25) is 23.9 Å². The number of ketones is 1. The van der Waals surface area contributed by atoms with Gasteiger partial charge in [0.15, 0.2) is 11.6 Å². The van der Waals surface area contributed by atoms with Gasteiger partial charge >= 0.3 is 0 Å². The number of halogens is 1. The third-order valence-corrected chi connectivity index (χ3v) is 9.16. The van der Waals surface area contributed by atoms with E-state index in [0.29, 0.717) is 23.7 Å². The molecule has 0 saturated heterocycles. The minimum Gasteiger partial charge on any atom is -0.353 e. The lowest BCUT2D eigenvalue weighted by Gasteiger charge is -2.36. The average molecular weight is 607 g/mol. The third kappa shape index (κ3) is 6.10. The lowest BCUT2D eigenvalue weighted by molar-refractivity contribution is -0.123. The number of hydrogen-bond donors (Lipinski definition) is 2. The summed E-state index contributed by atoms with van der Waals surface area (Å²) < 4.78 is 2.02. The maximum atomic E-state index is 13.3. The smallest absolute Gasteiger partial charge is 0.244 e. The molecule has 3 heterocycles. The lowest BCUT2D eigenvalue weighted by atomic mass is 9.86. The minimum absolute atomic E-state index is 0.0559. The highest BCUT2D eigenvalue weighted by atomic mass is 35.5. The van der Waals surface area contributed by atoms with E-state index in [1.807, 2.05) is 56.5 Å². The Bertz CT molecular complexity index is 1610. The van der Waals surface area contributed by atoms with Gasteiger partial charge in [0.2, 0.25) is 11.8 Å². The Kier molecular flexibility index (Phi) is 8.22. The number of aromatic nitrogens is 3. The van der Waals surface area contributed by atoms with Crippen LogP contribution in [0.25, 0.3) is 5.00 Å². The van der Waals surface area contributed by atoms with Crippen molar-refractivity contribution < 1.29 is 14.4 Å². The van der Waals surface area contributed by atoms with Gasteiger partial charge in [-0.1, -0.05) is 44.5 Å². The van der Waals surface area contributed by atoms with Crippen LogP contribution < -0.4 is 10.6 Å². The average Bonchev–Trinajstić information content (AvgIpc) is 3.38. The van der Waals surface area contributed by atoms with Gasteiger partial charge in [-0.05, 0) is 57.4 Å². The molecule has 0 bridgehead atoms. The number of nitrogens with one attached hydrogen (secondary N) is 2. The van der Waals surface area contributed by atoms with Gasteiger partial charge in [0.25, 0.3) is 0 Å². The Morgan fingerprint density at radius 1 is 1.02 bits per heavy atom. The Labute approximate surface area is 254 Å². The van der Waals surface area contributed by atoms with Crippen LogP contribution >= 0.6 is 22.9 Å². The summed E-state index contributed by atoms with van der Waals surface area (Å²) in [6.45, 7) is 11.5. The van der Waals surface area contributed by atoms with Crippen LogP contribution in [0.4, 0.5) is 0 Å². The van der Waals surface area contributed by atoms with Crippen molar-refractivity contribution in [3.05, 3.63) is 74.7 Å². The van der Waals surface area contributed by atoms with Crippen LogP contribution in [0.1, 0.15) is 79.3 Å². The molecular formula is C31H35ClN6O3S. The van der Waals surface area contributed by atoms with Crippen molar-refractivity contribution in [1.29, 1.82) is 0 Å². The molecule has 2 N–H and O–H groups in total. The van der Waals surface area contributed by atoms with E-state index in [1.54, 1.807) is 11.3 Å². The van der Waals surface area contributed by atoms with E-state index < -0.39 is 11.5 Å². The number of carbonyl (C=O) groups is 3. The van der Waals surface area contributed by atoms with Crippen LogP contribution in [-0.2, 0) is 14.4 Å². The highest BCUT2D eigenvalue weighted by Crippen LogP contribution is 2.39. The number of benzene rings is 1. The summed E-state index contributed by atoms with van der Waals surface area (Å²) in [7, 11) is 0. The van der Waals surface area contributed by atoms with Crippen molar-refractivity contribution in [1.82, 2.24) is 25.4 Å². The first-order valence-electron chi connectivity index (χ1n) is 14.0. The van der Waals surface area contributed by atoms with Crippen molar-refractivity contribution in [3.8, 4) is 5.00 Å². The highest BCUT2D eigenvalue weighted by molar-refractivity contribution is 7.15. The minimum atomic E-state index is -0.544. The van der Waals surface area contributed by atoms with Gasteiger partial charge in [-0.15, -0.1) is 21.5 Å². The Hall–Kier alpha value is -3.63. The van der Waals surface area contributed by atoms with Gasteiger partial charge in [-0.2, -0.15) is 0 Å². The number of allylic oxidation sites excluding steroid dienone is 1. The Morgan fingerprint density at radius 2 is 1.69 bits per heavy atom. The van der Waals surface area contributed by atoms with Crippen LogP contribution in [0.15, 0.2) is 41.4 Å². The van der Waals surface area contributed by atoms with Gasteiger partial charge < -0.3 is 10.6 Å². The number of fused-ring (bicyclic) bond motifs is 3. The summed E-state index contributed by atoms with van der Waals surface area (Å²) in [5.41, 5.74) is 3.33. The van der Waals surface area contributed by atoms with Crippen LogP contribution in [0.3, 0.4) is 0 Å². The van der Waals surface area contributed by atoms with Crippen LogP contribution in [-0.4, -0.2) is 50.2 Å². The van der Waals surface area contributed by atoms with Gasteiger partial charge in [0.05, 0.1) is 12.1 Å². The molecule has 2 aromatic heterocycles. The molecule has 1 aromatic carbocycles. The molecule has 3 aromatic rings. The number of thiophene rings is 1. The zero-order valence-electron chi connectivity index (χ0n) is 24.6. The molecule has 11 heteroatoms. The summed E-state index contributed by atoms with van der Waals surface area (Å²) in [5, 5.41) is 16.4. The summed E-state index contributed by atoms with van der Waals surface area (Å²) in [6, 6.07) is 6.93. The molecule has 0 spiro atoms. The van der Waals surface area contributed by atoms with Crippen LogP contribution in [0.5, 0.6) is 0 Å². The fourth-order valence-electron chi connectivity index (χ4n) is 5.10. The van der Waals surface area contributed by atoms with E-state index in [0.717, 1.165) is 33.2 Å². The van der Waals surface area contributed by atoms with Crippen LogP contribution in [0, 0.1) is 26.2 Å². The monoisotopic (exact) mass is 606 g/mol. The fourth-order valence-corrected chi connectivity index (χ4v) is 6.44. The maximum Gasteiger partial charge on any atom is 0.244 e. The molecule has 1 fully saturated rings. The summed E-state index contributed by atoms with van der Waals surface area (Å²) in [4.78, 5) is 43.9. The number of rotatable bonds is 7. The molecular weight excluding hydrogens is 572 g/mol. The first-order valence-corrected chi connectivity index (χ1v) is 15.2. The molecule has 1 atom stereocenters. The fraction of sp³-hybridized carbons (Fsp3) is 0.419. The van der Waals surface area contributed by atoms with E-state index in [2.05, 4.69) is 34.7 Å². The van der Waals surface area contributed by atoms with Gasteiger partial charge in [0.1, 0.15) is 16.9 Å². The Balaban J connectivity index is 1.30. The topological polar surface area (TPSA) is 118 Å². The quantitative estimate of drug-likeness (QED) is 0.362. The molecule has 2 aliphatic rings. The number of hydrogen-bond acceptors (Lipinski definition) is 7. The largest absolute Gasteiger partial charge is 0.353 e. The maximum absolute atomic E-state index is 13.3. The van der Waals surface area contributed by atoms with E-state index in [9.17, 15) is 14.4 Å². The number of amides is 2. The molecule has 1 aliphatic heterocycles. The molecule has 2 amide bonds. The Morgan fingerprint density at radius 3 is 2.36 bits per heavy atom. The first kappa shape index (κ1) is 29.8. The van der Waals surface area contributed by atoms with E-state index in [1.165, 1.54) is 17.0 Å². The van der Waals surface area contributed by atoms with Crippen molar-refractivity contribution in [2.75, 3.05) is 0 Å². The number of carbonyl (C=O) groups excluding carboxylic acids is 3. The highest BCUT2D eigenvalue weighted by Gasteiger charge is 2.35. The molecule has 42 heavy (non-hydrogen) atoms. The third-order valence-electron chi connectivity index (χ3n) is 7.71. The predicted molar refractivity (Wildman–Crippen MR) is 165 cm³/mol. The molecule has 220 valence electrons. The standard InChI is InChI=1S/C31H35ClN6O3S/c1-16-17(2)42-30-27(16)28(19-7-9-20(32)10-8-19)35-23(29-37-36-18(3)38(29)30)15-26(41)34-22-13-21(14-22)33-25(40)12-11-24(39)31(4,5)6/h7-12,21-23H,13-15H2,1-6H3,(H,33,40)(H,34,41)/b12-11+/t21-,22-,23-/m0/s1. The number of aliphatic imine (C=N–C) groups is 1. The molecule has 1 aliphatic carbocycles. The summed E-state index contributed by atoms with van der Waals surface area (Å²) >= 11 is 7.86. The van der Waals surface area contributed by atoms with Gasteiger partial charge in [0, 0.05) is 44.6 Å². The van der Waals surface area contributed by atoms with Gasteiger partial charge in [-0.25, -0.2) is 0 Å². The molecule has 5 rings (SSSR count). The van der Waals surface area contributed by atoms with Crippen molar-refractivity contribution >= 4 is 46.2 Å². The summed E-state index contributed by atoms with van der Waals surface area (Å²) in [6.07, 6.45) is 3.94. The molecule has 1 saturated carbocycles. The number of nitrogens with zero attached hydrogens (tertiary/aromatic N) is 4. The van der Waals surface area contributed by atoms with E-state index in [-0.39, 0.29) is 36.1 Å². The second kappa shape index (κ2) is 11.6. The van der Waals surface area contributed by atoms with Crippen LogP contribution in [0.2, 0.25) is 5.02 Å². The van der Waals surface area contributed by atoms with Crippen molar-refractivity contribution in [3.63, 3.8) is 0 Å². The van der Waals surface area contributed by atoms with E-state index >= 15 is 0 Å². The normalized spacial score (nSPS) is 19.8. The second-order valence-electron chi connectivity index (χ2n) is 12.0. The zero-order chi connectivity index (χ0) is 30.3. The SMILES string of the molecule is Cc1sc2c(c1C)C(c1ccc(Cl)cc1)=N[C@@H](CC(=O)N[C@H]1C[C@H](NC(=O)/C=C/C(=O)C(C)(C)C)C1)c1nnc(C)n1-2. The predicted octanol–water partition coefficient (Wildman–Crippen LogP) is 5.12. The zero-order valence-corrected chi connectivity index (χ0v) is 26.2. The lowest BCUT2D eigenvalue weighted by Crippen LogP contribution is -2.53. The van der Waals surface area contributed by atoms with E-state index in [4.69, 9.17) is 16.6 Å². The van der Waals surface area contributed by atoms with Crippen molar-refractivity contribution in [2.24, 2.45) is 10.4 Å². The molecule has 0 radical (unpaired) electrons. The van der Waals surface area contributed by atoms with Crippen molar-refractivity contribution in [2.45, 2.75) is 78.9 Å².